The molecule has 0 fully saturated rings. The van der Waals surface area contributed by atoms with Crippen molar-refractivity contribution in [3.05, 3.63) is 29.5 Å². The van der Waals surface area contributed by atoms with Crippen LogP contribution < -0.4 is 36.7 Å². The molecule has 0 saturated heterocycles. The molecule has 7 N–H and O–H groups in total. The zero-order valence-corrected chi connectivity index (χ0v) is 19.6. The number of carbonyl (C=O) groups excluding carboxylic acids is 1. The second kappa shape index (κ2) is 14.0. The Bertz CT molecular complexity index is 868. The average molecular weight is 461 g/mol. The molecule has 0 aliphatic heterocycles. The Morgan fingerprint density at radius 2 is 1.76 bits per heavy atom. The van der Waals surface area contributed by atoms with Crippen LogP contribution in [0.25, 0.3) is 0 Å². The van der Waals surface area contributed by atoms with Crippen molar-refractivity contribution in [1.29, 1.82) is 0 Å². The van der Waals surface area contributed by atoms with Crippen LogP contribution in [0.2, 0.25) is 0 Å². The van der Waals surface area contributed by atoms with E-state index in [1.54, 1.807) is 20.4 Å². The number of hydrogen-bond donors (Lipinski definition) is 4. The van der Waals surface area contributed by atoms with Gasteiger partial charge in [0.25, 0.3) is 0 Å². The lowest BCUT2D eigenvalue weighted by Gasteiger charge is -2.16. The fourth-order valence-corrected chi connectivity index (χ4v) is 3.29. The van der Waals surface area contributed by atoms with Crippen molar-refractivity contribution in [1.82, 2.24) is 15.3 Å². The minimum Gasteiger partial charge on any atom is -0.493 e. The first-order chi connectivity index (χ1) is 16.0. The van der Waals surface area contributed by atoms with Crippen LogP contribution >= 0.6 is 0 Å². The molecule has 1 heterocycles. The van der Waals surface area contributed by atoms with E-state index in [1.807, 2.05) is 12.1 Å². The SMILES string of the molecule is COc1cc(Cc2cnc(N)nc2N)cc(OC)c1OCCCCC(=O)NCCCCCN. The number of methoxy groups -OCH3 is 2. The number of hydrogen-bond acceptors (Lipinski definition) is 9. The van der Waals surface area contributed by atoms with Gasteiger partial charge in [0.15, 0.2) is 11.5 Å². The molecule has 33 heavy (non-hydrogen) atoms. The van der Waals surface area contributed by atoms with E-state index >= 15 is 0 Å². The molecule has 0 radical (unpaired) electrons. The third-order valence-corrected chi connectivity index (χ3v) is 5.08. The standard InChI is InChI=1S/C23H36N6O4/c1-31-18-13-16(12-17-15-28-23(26)29-22(17)25)14-19(32-2)21(18)33-11-7-4-8-20(30)27-10-6-3-5-9-24/h13-15H,3-12,24H2,1-2H3,(H,27,30)(H4,25,26,28,29). The van der Waals surface area contributed by atoms with Crippen LogP contribution in [0.1, 0.15) is 49.7 Å². The van der Waals surface area contributed by atoms with Crippen molar-refractivity contribution >= 4 is 17.7 Å². The molecule has 1 aromatic heterocycles. The summed E-state index contributed by atoms with van der Waals surface area (Å²) < 4.78 is 17.0. The molecular formula is C23H36N6O4. The van der Waals surface area contributed by atoms with E-state index in [0.29, 0.717) is 55.6 Å². The van der Waals surface area contributed by atoms with Crippen molar-refractivity contribution in [2.45, 2.75) is 44.9 Å². The van der Waals surface area contributed by atoms with Crippen molar-refractivity contribution in [2.75, 3.05) is 45.4 Å². The fourth-order valence-electron chi connectivity index (χ4n) is 3.29. The molecule has 0 aliphatic rings. The summed E-state index contributed by atoms with van der Waals surface area (Å²) in [6.07, 6.45) is 7.01. The number of nitrogens with one attached hydrogen (secondary N) is 1. The van der Waals surface area contributed by atoms with Gasteiger partial charge in [-0.15, -0.1) is 0 Å². The summed E-state index contributed by atoms with van der Waals surface area (Å²) in [6.45, 7) is 1.83. The number of benzene rings is 1. The van der Waals surface area contributed by atoms with Crippen molar-refractivity contribution in [3.63, 3.8) is 0 Å². The van der Waals surface area contributed by atoms with E-state index in [4.69, 9.17) is 31.4 Å². The quantitative estimate of drug-likeness (QED) is 0.291. The van der Waals surface area contributed by atoms with Crippen LogP contribution in [0, 0.1) is 0 Å². The topological polar surface area (TPSA) is 161 Å². The molecule has 0 unspecified atom stereocenters. The maximum absolute atomic E-state index is 11.9. The molecule has 0 saturated carbocycles. The van der Waals surface area contributed by atoms with Gasteiger partial charge in [-0.25, -0.2) is 4.98 Å². The number of rotatable bonds is 15. The summed E-state index contributed by atoms with van der Waals surface area (Å²) in [5.74, 6) is 2.15. The molecular weight excluding hydrogens is 424 g/mol. The Hall–Kier alpha value is -3.27. The molecule has 0 spiro atoms. The smallest absolute Gasteiger partial charge is 0.221 e. The van der Waals surface area contributed by atoms with E-state index in [9.17, 15) is 4.79 Å². The summed E-state index contributed by atoms with van der Waals surface area (Å²) in [5, 5.41) is 2.93. The monoisotopic (exact) mass is 460 g/mol. The summed E-state index contributed by atoms with van der Waals surface area (Å²) in [6, 6.07) is 3.73. The normalized spacial score (nSPS) is 10.6. The highest BCUT2D eigenvalue weighted by atomic mass is 16.5. The van der Waals surface area contributed by atoms with E-state index in [2.05, 4.69) is 15.3 Å². The Morgan fingerprint density at radius 1 is 1.03 bits per heavy atom. The summed E-state index contributed by atoms with van der Waals surface area (Å²) >= 11 is 0. The number of nitrogens with zero attached hydrogens (tertiary/aromatic N) is 2. The van der Waals surface area contributed by atoms with E-state index in [1.165, 1.54) is 0 Å². The third kappa shape index (κ3) is 8.64. The lowest BCUT2D eigenvalue weighted by atomic mass is 10.1. The predicted octanol–water partition coefficient (Wildman–Crippen LogP) is 2.04. The van der Waals surface area contributed by atoms with Gasteiger partial charge < -0.3 is 36.7 Å². The minimum atomic E-state index is 0.0631. The van der Waals surface area contributed by atoms with Crippen molar-refractivity contribution in [2.24, 2.45) is 5.73 Å². The number of anilines is 2. The van der Waals surface area contributed by atoms with E-state index in [-0.39, 0.29) is 11.9 Å². The van der Waals surface area contributed by atoms with Gasteiger partial charge in [0.05, 0.1) is 20.8 Å². The second-order valence-electron chi connectivity index (χ2n) is 7.65. The maximum Gasteiger partial charge on any atom is 0.221 e. The Balaban J connectivity index is 1.87. The lowest BCUT2D eigenvalue weighted by Crippen LogP contribution is -2.24. The number of unbranched alkanes of at least 4 members (excludes halogenated alkanes) is 3. The van der Waals surface area contributed by atoms with Crippen LogP contribution in [0.3, 0.4) is 0 Å². The number of nitrogens with two attached hydrogens (primary N) is 3. The van der Waals surface area contributed by atoms with Crippen molar-refractivity contribution in [3.8, 4) is 17.2 Å². The minimum absolute atomic E-state index is 0.0631. The largest absolute Gasteiger partial charge is 0.493 e. The van der Waals surface area contributed by atoms with Crippen LogP contribution in [0.5, 0.6) is 17.2 Å². The molecule has 10 nitrogen and oxygen atoms in total. The van der Waals surface area contributed by atoms with Gasteiger partial charge in [0, 0.05) is 31.1 Å². The zero-order chi connectivity index (χ0) is 24.1. The predicted molar refractivity (Wildman–Crippen MR) is 128 cm³/mol. The number of aromatic nitrogens is 2. The maximum atomic E-state index is 11.9. The molecule has 0 bridgehead atoms. The number of nitrogen functional groups attached to an aromatic ring is 2. The van der Waals surface area contributed by atoms with Crippen LogP contribution in [-0.4, -0.2) is 49.8 Å². The van der Waals surface area contributed by atoms with Gasteiger partial charge in [-0.3, -0.25) is 4.79 Å². The Labute approximate surface area is 195 Å². The molecule has 1 amide bonds. The molecule has 10 heteroatoms. The second-order valence-corrected chi connectivity index (χ2v) is 7.65. The molecule has 0 aliphatic carbocycles. The number of carbonyl (C=O) groups is 1. The fraction of sp³-hybridized carbons (Fsp3) is 0.522. The zero-order valence-electron chi connectivity index (χ0n) is 19.6. The Kier molecular flexibility index (Phi) is 11.0. The summed E-state index contributed by atoms with van der Waals surface area (Å²) in [5.41, 5.74) is 18.6. The highest BCUT2D eigenvalue weighted by Gasteiger charge is 2.16. The summed E-state index contributed by atoms with van der Waals surface area (Å²) in [4.78, 5) is 19.9. The van der Waals surface area contributed by atoms with Gasteiger partial charge in [-0.1, -0.05) is 6.42 Å². The van der Waals surface area contributed by atoms with Crippen LogP contribution in [-0.2, 0) is 11.2 Å². The summed E-state index contributed by atoms with van der Waals surface area (Å²) in [7, 11) is 3.15. The van der Waals surface area contributed by atoms with E-state index < -0.39 is 0 Å². The lowest BCUT2D eigenvalue weighted by molar-refractivity contribution is -0.121. The number of ether oxygens (including phenoxy) is 3. The van der Waals surface area contributed by atoms with Gasteiger partial charge >= 0.3 is 0 Å². The van der Waals surface area contributed by atoms with Gasteiger partial charge in [-0.05, 0) is 49.9 Å². The van der Waals surface area contributed by atoms with Gasteiger partial charge in [0.1, 0.15) is 5.82 Å². The highest BCUT2D eigenvalue weighted by Crippen LogP contribution is 2.39. The third-order valence-electron chi connectivity index (χ3n) is 5.08. The molecule has 0 atom stereocenters. The molecule has 2 rings (SSSR count). The van der Waals surface area contributed by atoms with Gasteiger partial charge in [0.2, 0.25) is 17.6 Å². The molecule has 2 aromatic rings. The molecule has 182 valence electrons. The van der Waals surface area contributed by atoms with Crippen molar-refractivity contribution < 1.29 is 19.0 Å². The van der Waals surface area contributed by atoms with E-state index in [0.717, 1.165) is 43.2 Å². The first-order valence-corrected chi connectivity index (χ1v) is 11.2. The number of amides is 1. The first kappa shape index (κ1) is 26.0. The van der Waals surface area contributed by atoms with Gasteiger partial charge in [-0.2, -0.15) is 4.98 Å². The van der Waals surface area contributed by atoms with Crippen LogP contribution in [0.4, 0.5) is 11.8 Å². The Morgan fingerprint density at radius 3 is 2.39 bits per heavy atom. The van der Waals surface area contributed by atoms with Crippen LogP contribution in [0.15, 0.2) is 18.3 Å². The average Bonchev–Trinajstić information content (AvgIpc) is 2.80. The first-order valence-electron chi connectivity index (χ1n) is 11.2. The molecule has 1 aromatic carbocycles. The highest BCUT2D eigenvalue weighted by molar-refractivity contribution is 5.75.